The van der Waals surface area contributed by atoms with E-state index in [1.807, 2.05) is 0 Å². The van der Waals surface area contributed by atoms with Crippen molar-refractivity contribution in [3.63, 3.8) is 0 Å². The molecule has 0 atom stereocenters. The van der Waals surface area contributed by atoms with Crippen molar-refractivity contribution in [1.29, 1.82) is 0 Å². The van der Waals surface area contributed by atoms with Gasteiger partial charge in [-0.3, -0.25) is 0 Å². The van der Waals surface area contributed by atoms with Crippen molar-refractivity contribution < 1.29 is 0 Å². The Bertz CT molecular complexity index is 3520. The van der Waals surface area contributed by atoms with Crippen LogP contribution in [0.2, 0.25) is 0 Å². The van der Waals surface area contributed by atoms with Gasteiger partial charge in [-0.15, -0.1) is 0 Å². The average Bonchev–Trinajstić information content (AvgIpc) is 4.01. The molecular formula is C66H60N4. The maximum Gasteiger partial charge on any atom is 0.0541 e. The van der Waals surface area contributed by atoms with Crippen molar-refractivity contribution in [2.75, 3.05) is 4.90 Å². The number of rotatable bonds is 6. The number of anilines is 3. The van der Waals surface area contributed by atoms with Gasteiger partial charge in [0.2, 0.25) is 0 Å². The van der Waals surface area contributed by atoms with Crippen LogP contribution in [0.5, 0.6) is 0 Å². The predicted molar refractivity (Wildman–Crippen MR) is 301 cm³/mol. The Morgan fingerprint density at radius 2 is 0.371 bits per heavy atom. The molecule has 70 heavy (non-hydrogen) atoms. The van der Waals surface area contributed by atoms with Crippen molar-refractivity contribution in [2.45, 2.75) is 83.1 Å². The van der Waals surface area contributed by atoms with Gasteiger partial charge in [0, 0.05) is 32.3 Å². The molecule has 3 aromatic heterocycles. The summed E-state index contributed by atoms with van der Waals surface area (Å²) < 4.78 is 7.58. The number of nitrogens with zero attached hydrogens (tertiary/aromatic N) is 4. The van der Waals surface area contributed by atoms with Crippen LogP contribution in [0.1, 0.15) is 66.8 Å². The van der Waals surface area contributed by atoms with Gasteiger partial charge in [0.05, 0.1) is 67.2 Å². The monoisotopic (exact) mass is 908 g/mol. The third-order valence-electron chi connectivity index (χ3n) is 16.7. The highest BCUT2D eigenvalue weighted by Gasteiger charge is 2.32. The van der Waals surface area contributed by atoms with Gasteiger partial charge in [-0.2, -0.15) is 0 Å². The lowest BCUT2D eigenvalue weighted by molar-refractivity contribution is 1.03. The van der Waals surface area contributed by atoms with Crippen LogP contribution in [-0.2, 0) is 0 Å². The predicted octanol–water partition coefficient (Wildman–Crippen LogP) is 18.1. The first-order valence-corrected chi connectivity index (χ1v) is 24.9. The molecule has 12 aromatic rings. The van der Waals surface area contributed by atoms with Crippen molar-refractivity contribution in [1.82, 2.24) is 13.7 Å². The Morgan fingerprint density at radius 3 is 0.543 bits per heavy atom. The fourth-order valence-electron chi connectivity index (χ4n) is 12.7. The fourth-order valence-corrected chi connectivity index (χ4v) is 12.7. The third kappa shape index (κ3) is 5.83. The van der Waals surface area contributed by atoms with E-state index in [0.717, 1.165) is 0 Å². The number of aromatic nitrogens is 3. The minimum absolute atomic E-state index is 1.23. The van der Waals surface area contributed by atoms with E-state index in [-0.39, 0.29) is 0 Å². The number of para-hydroxylation sites is 6. The van der Waals surface area contributed by atoms with Gasteiger partial charge in [0.25, 0.3) is 0 Å². The van der Waals surface area contributed by atoms with Crippen LogP contribution in [-0.4, -0.2) is 13.7 Å². The molecule has 4 nitrogen and oxygen atoms in total. The first kappa shape index (κ1) is 43.5. The van der Waals surface area contributed by atoms with E-state index in [1.54, 1.807) is 0 Å². The molecule has 0 aliphatic carbocycles. The fraction of sp³-hybridized carbons (Fsp3) is 0.182. The lowest BCUT2D eigenvalue weighted by Crippen LogP contribution is -2.22. The molecule has 0 fully saturated rings. The van der Waals surface area contributed by atoms with Crippen molar-refractivity contribution in [3.05, 3.63) is 212 Å². The van der Waals surface area contributed by atoms with Gasteiger partial charge in [0.15, 0.2) is 0 Å². The highest BCUT2D eigenvalue weighted by Crippen LogP contribution is 2.52. The van der Waals surface area contributed by atoms with E-state index in [9.17, 15) is 0 Å². The second-order valence-electron chi connectivity index (χ2n) is 20.0. The van der Waals surface area contributed by atoms with E-state index < -0.39 is 0 Å². The second-order valence-corrected chi connectivity index (χ2v) is 20.0. The zero-order valence-corrected chi connectivity index (χ0v) is 42.6. The van der Waals surface area contributed by atoms with E-state index in [4.69, 9.17) is 0 Å². The van der Waals surface area contributed by atoms with Gasteiger partial charge in [-0.05, 0) is 186 Å². The largest absolute Gasteiger partial charge is 0.309 e. The summed E-state index contributed by atoms with van der Waals surface area (Å²) in [6, 6.07) is 53.4. The van der Waals surface area contributed by atoms with Gasteiger partial charge in [-0.1, -0.05) is 109 Å². The molecule has 0 saturated heterocycles. The zero-order chi connectivity index (χ0) is 48.6. The Balaban J connectivity index is 1.19. The number of hydrogen-bond donors (Lipinski definition) is 0. The quantitative estimate of drug-likeness (QED) is 0.163. The van der Waals surface area contributed by atoms with E-state index >= 15 is 0 Å². The van der Waals surface area contributed by atoms with E-state index in [2.05, 4.69) is 247 Å². The molecule has 4 heteroatoms. The van der Waals surface area contributed by atoms with E-state index in [0.29, 0.717) is 0 Å². The number of hydrogen-bond acceptors (Lipinski definition) is 1. The molecule has 9 aromatic carbocycles. The Kier molecular flexibility index (Phi) is 9.85. The maximum absolute atomic E-state index is 2.71. The Labute approximate surface area is 411 Å². The summed E-state index contributed by atoms with van der Waals surface area (Å²) in [4.78, 5) is 2.71. The molecule has 0 aliphatic heterocycles. The molecule has 0 aliphatic rings. The van der Waals surface area contributed by atoms with Crippen LogP contribution in [0.15, 0.2) is 146 Å². The maximum atomic E-state index is 2.71. The van der Waals surface area contributed by atoms with Gasteiger partial charge < -0.3 is 18.6 Å². The standard InChI is InChI=1S/C66H60N4/c1-37-43(7)64(44(8)38(2)61(37)67-55-31-19-13-25-49(55)50-26-14-20-32-56(50)67)70(65-45(9)39(3)62(40(4)46(65)10)68-57-33-21-15-27-51(57)52-28-16-22-34-58(52)68)66-47(11)41(5)63(42(6)48(66)12)69-59-35-23-17-29-53(59)54-30-18-24-36-60(54)69/h13-36H,1-12H3. The highest BCUT2D eigenvalue weighted by atomic mass is 15.2. The third-order valence-corrected chi connectivity index (χ3v) is 16.7. The summed E-state index contributed by atoms with van der Waals surface area (Å²) in [5.74, 6) is 0. The summed E-state index contributed by atoms with van der Waals surface area (Å²) in [5.41, 5.74) is 30.3. The van der Waals surface area contributed by atoms with Crippen LogP contribution in [0, 0.1) is 83.1 Å². The molecule has 0 bridgehead atoms. The van der Waals surface area contributed by atoms with Crippen LogP contribution in [0.3, 0.4) is 0 Å². The zero-order valence-electron chi connectivity index (χ0n) is 42.6. The summed E-state index contributed by atoms with van der Waals surface area (Å²) >= 11 is 0. The smallest absolute Gasteiger partial charge is 0.0541 e. The topological polar surface area (TPSA) is 18.0 Å². The molecule has 0 saturated carbocycles. The molecule has 3 heterocycles. The molecule has 0 radical (unpaired) electrons. The van der Waals surface area contributed by atoms with Gasteiger partial charge in [-0.25, -0.2) is 0 Å². The molecule has 0 unspecified atom stereocenters. The second kappa shape index (κ2) is 15.9. The van der Waals surface area contributed by atoms with Crippen molar-refractivity contribution >= 4 is 82.5 Å². The van der Waals surface area contributed by atoms with Gasteiger partial charge in [0.1, 0.15) is 0 Å². The average molecular weight is 909 g/mol. The molecular weight excluding hydrogens is 849 g/mol. The summed E-state index contributed by atoms with van der Waals surface area (Å²) in [6.07, 6.45) is 0. The summed E-state index contributed by atoms with van der Waals surface area (Å²) in [6.45, 7) is 28.3. The first-order valence-electron chi connectivity index (χ1n) is 24.9. The number of benzene rings is 9. The Hall–Kier alpha value is -7.82. The van der Waals surface area contributed by atoms with Crippen LogP contribution in [0.25, 0.3) is 82.5 Å². The lowest BCUT2D eigenvalue weighted by Gasteiger charge is -2.38. The molecule has 0 amide bonds. The van der Waals surface area contributed by atoms with E-state index in [1.165, 1.54) is 166 Å². The minimum Gasteiger partial charge on any atom is -0.309 e. The summed E-state index contributed by atoms with van der Waals surface area (Å²) in [5, 5.41) is 7.66. The summed E-state index contributed by atoms with van der Waals surface area (Å²) in [7, 11) is 0. The van der Waals surface area contributed by atoms with Crippen molar-refractivity contribution in [2.24, 2.45) is 0 Å². The van der Waals surface area contributed by atoms with Crippen LogP contribution >= 0.6 is 0 Å². The SMILES string of the molecule is Cc1c(C)c(-n2c3ccccc3c3ccccc32)c(C)c(C)c1N(c1c(C)c(C)c(-n2c3ccccc3c3ccccc32)c(C)c1C)c1c(C)c(C)c(-n2c3ccccc3c3ccccc32)c(C)c1C. The van der Waals surface area contributed by atoms with Crippen molar-refractivity contribution in [3.8, 4) is 17.1 Å². The van der Waals surface area contributed by atoms with Crippen LogP contribution in [0.4, 0.5) is 17.1 Å². The molecule has 0 N–H and O–H groups in total. The minimum atomic E-state index is 1.23. The molecule has 344 valence electrons. The van der Waals surface area contributed by atoms with Gasteiger partial charge >= 0.3 is 0 Å². The normalized spacial score (nSPS) is 12.0. The first-order chi connectivity index (χ1) is 33.8. The highest BCUT2D eigenvalue weighted by molar-refractivity contribution is 6.12. The number of fused-ring (bicyclic) bond motifs is 9. The molecule has 0 spiro atoms. The lowest BCUT2D eigenvalue weighted by atomic mass is 9.88. The van der Waals surface area contributed by atoms with Crippen LogP contribution < -0.4 is 4.90 Å². The molecule has 12 rings (SSSR count). The Morgan fingerprint density at radius 1 is 0.214 bits per heavy atom.